The van der Waals surface area contributed by atoms with E-state index >= 15 is 0 Å². The van der Waals surface area contributed by atoms with Crippen molar-refractivity contribution in [1.82, 2.24) is 4.98 Å². The number of carbonyl (C=O) groups excluding carboxylic acids is 1. The highest BCUT2D eigenvalue weighted by Gasteiger charge is 2.31. The Bertz CT molecular complexity index is 445. The molecule has 1 aromatic rings. The summed E-state index contributed by atoms with van der Waals surface area (Å²) in [6, 6.07) is 4.07. The number of ether oxygens (including phenoxy) is 1. The summed E-state index contributed by atoms with van der Waals surface area (Å²) in [4.78, 5) is 16.1. The van der Waals surface area contributed by atoms with Crippen LogP contribution in [0.4, 0.5) is 0 Å². The highest BCUT2D eigenvalue weighted by Crippen LogP contribution is 2.32. The normalized spacial score (nSPS) is 12.9. The van der Waals surface area contributed by atoms with Crippen LogP contribution in [0.2, 0.25) is 0 Å². The molecule has 1 aromatic heterocycles. The van der Waals surface area contributed by atoms with E-state index < -0.39 is 5.41 Å². The molecule has 1 atom stereocenters. The molecule has 0 radical (unpaired) electrons. The number of aryl methyl sites for hydroxylation is 1. The first-order chi connectivity index (χ1) is 11.0. The number of methoxy groups -OCH3 is 1. The van der Waals surface area contributed by atoms with E-state index in [0.29, 0.717) is 5.92 Å². The van der Waals surface area contributed by atoms with E-state index in [1.807, 2.05) is 26.1 Å². The summed E-state index contributed by atoms with van der Waals surface area (Å²) in [6.45, 7) is 4.15. The van der Waals surface area contributed by atoms with Gasteiger partial charge in [0.05, 0.1) is 12.5 Å². The molecule has 4 heteroatoms. The van der Waals surface area contributed by atoms with Gasteiger partial charge in [-0.1, -0.05) is 25.3 Å². The van der Waals surface area contributed by atoms with E-state index in [4.69, 9.17) is 9.84 Å². The summed E-state index contributed by atoms with van der Waals surface area (Å²) in [7, 11) is 1.45. The molecule has 0 spiro atoms. The lowest BCUT2D eigenvalue weighted by atomic mass is 9.78. The van der Waals surface area contributed by atoms with Crippen molar-refractivity contribution in [2.75, 3.05) is 13.7 Å². The van der Waals surface area contributed by atoms with Crippen LogP contribution in [0.15, 0.2) is 24.5 Å². The van der Waals surface area contributed by atoms with Crippen LogP contribution >= 0.6 is 0 Å². The number of aliphatic hydroxyl groups is 1. The number of aromatic nitrogens is 1. The second-order valence-corrected chi connectivity index (χ2v) is 6.92. The molecule has 0 fully saturated rings. The van der Waals surface area contributed by atoms with Gasteiger partial charge in [-0.15, -0.1) is 0 Å². The van der Waals surface area contributed by atoms with Crippen LogP contribution < -0.4 is 0 Å². The maximum atomic E-state index is 11.9. The Labute approximate surface area is 140 Å². The zero-order chi connectivity index (χ0) is 17.1. The van der Waals surface area contributed by atoms with Crippen molar-refractivity contribution < 1.29 is 14.6 Å². The van der Waals surface area contributed by atoms with Crippen LogP contribution in [0, 0.1) is 11.3 Å². The molecular formula is C19H31NO3. The summed E-state index contributed by atoms with van der Waals surface area (Å²) in [5, 5.41) is 8.98. The van der Waals surface area contributed by atoms with Gasteiger partial charge in [0.15, 0.2) is 0 Å². The van der Waals surface area contributed by atoms with Crippen LogP contribution in [0.3, 0.4) is 0 Å². The first-order valence-electron chi connectivity index (χ1n) is 8.57. The smallest absolute Gasteiger partial charge is 0.311 e. The average Bonchev–Trinajstić information content (AvgIpc) is 2.54. The molecule has 1 N–H and O–H groups in total. The minimum absolute atomic E-state index is 0.142. The van der Waals surface area contributed by atoms with Gasteiger partial charge in [-0.3, -0.25) is 9.78 Å². The molecule has 0 unspecified atom stereocenters. The first kappa shape index (κ1) is 19.6. The largest absolute Gasteiger partial charge is 0.469 e. The van der Waals surface area contributed by atoms with Crippen molar-refractivity contribution >= 4 is 5.97 Å². The van der Waals surface area contributed by atoms with Crippen LogP contribution in [0.25, 0.3) is 0 Å². The number of rotatable bonds is 11. The van der Waals surface area contributed by atoms with Crippen molar-refractivity contribution in [1.29, 1.82) is 0 Å². The summed E-state index contributed by atoms with van der Waals surface area (Å²) >= 11 is 0. The lowest BCUT2D eigenvalue weighted by Gasteiger charge is -2.27. The van der Waals surface area contributed by atoms with Crippen LogP contribution in [0.1, 0.15) is 57.9 Å². The van der Waals surface area contributed by atoms with Gasteiger partial charge in [-0.05, 0) is 57.1 Å². The van der Waals surface area contributed by atoms with Crippen molar-refractivity contribution in [3.63, 3.8) is 0 Å². The molecule has 0 amide bonds. The lowest BCUT2D eigenvalue weighted by Crippen LogP contribution is -2.28. The SMILES string of the molecule is COC(=O)C(C)(C)C[C@H](CCCCO)CCCc1cccnc1. The van der Waals surface area contributed by atoms with Gasteiger partial charge in [0.1, 0.15) is 0 Å². The summed E-state index contributed by atoms with van der Waals surface area (Å²) in [6.07, 6.45) is 10.6. The van der Waals surface area contributed by atoms with E-state index in [2.05, 4.69) is 11.1 Å². The zero-order valence-electron chi connectivity index (χ0n) is 14.8. The van der Waals surface area contributed by atoms with Gasteiger partial charge in [-0.2, -0.15) is 0 Å². The van der Waals surface area contributed by atoms with Gasteiger partial charge in [0.25, 0.3) is 0 Å². The molecule has 0 saturated carbocycles. The number of esters is 1. The Hall–Kier alpha value is -1.42. The second kappa shape index (κ2) is 10.4. The van der Waals surface area contributed by atoms with Gasteiger partial charge in [0, 0.05) is 19.0 Å². The van der Waals surface area contributed by atoms with Crippen LogP contribution in [-0.4, -0.2) is 29.8 Å². The molecule has 0 bridgehead atoms. The predicted molar refractivity (Wildman–Crippen MR) is 92.0 cm³/mol. The quantitative estimate of drug-likeness (QED) is 0.498. The number of pyridine rings is 1. The number of hydrogen-bond donors (Lipinski definition) is 1. The van der Waals surface area contributed by atoms with E-state index in [0.717, 1.165) is 44.9 Å². The molecule has 1 rings (SSSR count). The minimum atomic E-state index is -0.451. The van der Waals surface area contributed by atoms with Crippen molar-refractivity contribution in [3.05, 3.63) is 30.1 Å². The summed E-state index contributed by atoms with van der Waals surface area (Å²) in [5.74, 6) is 0.337. The molecule has 0 aromatic carbocycles. The van der Waals surface area contributed by atoms with E-state index in [9.17, 15) is 4.79 Å². The number of hydrogen-bond acceptors (Lipinski definition) is 4. The number of aliphatic hydroxyl groups excluding tert-OH is 1. The summed E-state index contributed by atoms with van der Waals surface area (Å²) < 4.78 is 4.93. The van der Waals surface area contributed by atoms with Crippen LogP contribution in [0.5, 0.6) is 0 Å². The number of carbonyl (C=O) groups is 1. The zero-order valence-corrected chi connectivity index (χ0v) is 14.8. The third-order valence-electron chi connectivity index (χ3n) is 4.36. The van der Waals surface area contributed by atoms with Crippen molar-refractivity contribution in [2.24, 2.45) is 11.3 Å². The molecule has 23 heavy (non-hydrogen) atoms. The van der Waals surface area contributed by atoms with E-state index in [1.54, 1.807) is 6.20 Å². The van der Waals surface area contributed by atoms with Gasteiger partial charge >= 0.3 is 5.97 Å². The van der Waals surface area contributed by atoms with Crippen molar-refractivity contribution in [3.8, 4) is 0 Å². The Kier molecular flexibility index (Phi) is 8.85. The minimum Gasteiger partial charge on any atom is -0.469 e. The second-order valence-electron chi connectivity index (χ2n) is 6.92. The molecule has 0 aliphatic rings. The first-order valence-corrected chi connectivity index (χ1v) is 8.57. The van der Waals surface area contributed by atoms with E-state index in [1.165, 1.54) is 12.7 Å². The van der Waals surface area contributed by atoms with Crippen molar-refractivity contribution in [2.45, 2.75) is 58.8 Å². The Balaban J connectivity index is 2.52. The summed E-state index contributed by atoms with van der Waals surface area (Å²) in [5.41, 5.74) is 0.807. The Morgan fingerprint density at radius 3 is 2.65 bits per heavy atom. The standard InChI is InChI=1S/C19H31NO3/c1-19(2,18(22)23-3)14-16(8-4-5-13-21)9-6-10-17-11-7-12-20-15-17/h7,11-12,15-16,21H,4-6,8-10,13-14H2,1-3H3/t16-/m1/s1. The fourth-order valence-corrected chi connectivity index (χ4v) is 3.12. The number of nitrogens with zero attached hydrogens (tertiary/aromatic N) is 1. The Morgan fingerprint density at radius 1 is 1.30 bits per heavy atom. The molecular weight excluding hydrogens is 290 g/mol. The maximum Gasteiger partial charge on any atom is 0.311 e. The highest BCUT2D eigenvalue weighted by molar-refractivity contribution is 5.75. The molecule has 1 heterocycles. The lowest BCUT2D eigenvalue weighted by molar-refractivity contribution is -0.151. The molecule has 130 valence electrons. The number of unbranched alkanes of at least 4 members (excludes halogenated alkanes) is 1. The monoisotopic (exact) mass is 321 g/mol. The predicted octanol–water partition coefficient (Wildman–Crippen LogP) is 3.77. The molecule has 0 saturated heterocycles. The van der Waals surface area contributed by atoms with Gasteiger partial charge < -0.3 is 9.84 Å². The molecule has 0 aliphatic heterocycles. The fourth-order valence-electron chi connectivity index (χ4n) is 3.12. The average molecular weight is 321 g/mol. The Morgan fingerprint density at radius 2 is 2.04 bits per heavy atom. The third kappa shape index (κ3) is 7.60. The molecule has 4 nitrogen and oxygen atoms in total. The van der Waals surface area contributed by atoms with E-state index in [-0.39, 0.29) is 12.6 Å². The third-order valence-corrected chi connectivity index (χ3v) is 4.36. The molecule has 0 aliphatic carbocycles. The topological polar surface area (TPSA) is 59.4 Å². The van der Waals surface area contributed by atoms with Gasteiger partial charge in [-0.25, -0.2) is 0 Å². The highest BCUT2D eigenvalue weighted by atomic mass is 16.5. The van der Waals surface area contributed by atoms with Gasteiger partial charge in [0.2, 0.25) is 0 Å². The van der Waals surface area contributed by atoms with Crippen LogP contribution in [-0.2, 0) is 16.0 Å². The maximum absolute atomic E-state index is 11.9. The fraction of sp³-hybridized carbons (Fsp3) is 0.684.